The van der Waals surface area contributed by atoms with E-state index < -0.39 is 0 Å². The third-order valence-electron chi connectivity index (χ3n) is 4.89. The first kappa shape index (κ1) is 21.2. The summed E-state index contributed by atoms with van der Waals surface area (Å²) >= 11 is 5.14. The van der Waals surface area contributed by atoms with Gasteiger partial charge in [-0.25, -0.2) is 0 Å². The Bertz CT molecular complexity index is 1420. The van der Waals surface area contributed by atoms with Crippen molar-refractivity contribution in [1.29, 1.82) is 0 Å². The van der Waals surface area contributed by atoms with Crippen LogP contribution in [0.4, 0.5) is 5.69 Å². The highest BCUT2D eigenvalue weighted by atomic mass is 32.1. The van der Waals surface area contributed by atoms with E-state index in [1.54, 1.807) is 61.9 Å². The monoisotopic (exact) mass is 448 g/mol. The molecular formula is C22H20N6O3S. The molecule has 0 aliphatic heterocycles. The van der Waals surface area contributed by atoms with Crippen molar-refractivity contribution in [2.24, 2.45) is 7.05 Å². The number of rotatable bonds is 6. The Hall–Kier alpha value is -4.05. The zero-order valence-corrected chi connectivity index (χ0v) is 18.0. The fraction of sp³-hybridized carbons (Fsp3) is 0.136. The summed E-state index contributed by atoms with van der Waals surface area (Å²) in [6.07, 6.45) is 3.32. The fourth-order valence-electron chi connectivity index (χ4n) is 3.23. The van der Waals surface area contributed by atoms with Crippen molar-refractivity contribution in [1.82, 2.24) is 24.6 Å². The molecule has 0 unspecified atom stereocenters. The van der Waals surface area contributed by atoms with Crippen LogP contribution in [0.25, 0.3) is 10.9 Å². The van der Waals surface area contributed by atoms with Crippen LogP contribution in [0.5, 0.6) is 0 Å². The van der Waals surface area contributed by atoms with Crippen LogP contribution >= 0.6 is 12.2 Å². The number of carbonyl (C=O) groups excluding carboxylic acids is 2. The van der Waals surface area contributed by atoms with Crippen LogP contribution in [0.15, 0.2) is 65.7 Å². The maximum Gasteiger partial charge on any atom is 0.261 e. The maximum atomic E-state index is 12.6. The summed E-state index contributed by atoms with van der Waals surface area (Å²) in [4.78, 5) is 40.0. The predicted molar refractivity (Wildman–Crippen MR) is 123 cm³/mol. The molecule has 0 spiro atoms. The Morgan fingerprint density at radius 1 is 1.16 bits per heavy atom. The number of carbonyl (C=O) groups is 2. The second-order valence-corrected chi connectivity index (χ2v) is 7.58. The maximum absolute atomic E-state index is 12.6. The van der Waals surface area contributed by atoms with E-state index >= 15 is 0 Å². The van der Waals surface area contributed by atoms with Gasteiger partial charge in [0.25, 0.3) is 11.5 Å². The summed E-state index contributed by atoms with van der Waals surface area (Å²) < 4.78 is 3.16. The van der Waals surface area contributed by atoms with Crippen molar-refractivity contribution in [3.8, 4) is 0 Å². The minimum Gasteiger partial charge on any atom is -0.348 e. The number of anilines is 1. The van der Waals surface area contributed by atoms with Crippen LogP contribution in [-0.2, 0) is 24.9 Å². The molecule has 0 aliphatic carbocycles. The molecule has 2 aromatic heterocycles. The number of benzene rings is 2. The quantitative estimate of drug-likeness (QED) is 0.392. The van der Waals surface area contributed by atoms with E-state index in [0.717, 1.165) is 5.56 Å². The molecule has 2 aromatic carbocycles. The summed E-state index contributed by atoms with van der Waals surface area (Å²) in [7, 11) is 1.59. The average molecular weight is 449 g/mol. The molecule has 162 valence electrons. The van der Waals surface area contributed by atoms with Crippen LogP contribution in [0.2, 0.25) is 0 Å². The van der Waals surface area contributed by atoms with Crippen LogP contribution in [-0.4, -0.2) is 31.1 Å². The number of nitrogens with one attached hydrogen (secondary N) is 3. The van der Waals surface area contributed by atoms with Gasteiger partial charge in [0.1, 0.15) is 6.54 Å². The highest BCUT2D eigenvalue weighted by Gasteiger charge is 2.10. The van der Waals surface area contributed by atoms with Gasteiger partial charge in [0.2, 0.25) is 5.91 Å². The van der Waals surface area contributed by atoms with Gasteiger partial charge in [0.15, 0.2) is 4.77 Å². The lowest BCUT2D eigenvalue weighted by molar-refractivity contribution is -0.116. The predicted octanol–water partition coefficient (Wildman–Crippen LogP) is 2.36. The Morgan fingerprint density at radius 2 is 2.00 bits per heavy atom. The summed E-state index contributed by atoms with van der Waals surface area (Å²) in [6, 6.07) is 13.8. The Morgan fingerprint density at radius 3 is 2.78 bits per heavy atom. The lowest BCUT2D eigenvalue weighted by Gasteiger charge is -2.10. The van der Waals surface area contributed by atoms with E-state index in [1.165, 1.54) is 9.25 Å². The first-order chi connectivity index (χ1) is 15.4. The Balaban J connectivity index is 1.42. The second kappa shape index (κ2) is 8.98. The minimum absolute atomic E-state index is 0.113. The normalized spacial score (nSPS) is 10.8. The minimum atomic E-state index is -0.292. The number of amides is 2. The van der Waals surface area contributed by atoms with Gasteiger partial charge in [-0.1, -0.05) is 12.1 Å². The smallest absolute Gasteiger partial charge is 0.261 e. The second-order valence-electron chi connectivity index (χ2n) is 7.19. The highest BCUT2D eigenvalue weighted by molar-refractivity contribution is 7.71. The van der Waals surface area contributed by atoms with E-state index in [0.29, 0.717) is 22.2 Å². The third-order valence-corrected chi connectivity index (χ3v) is 5.27. The molecule has 32 heavy (non-hydrogen) atoms. The van der Waals surface area contributed by atoms with Gasteiger partial charge in [0.05, 0.1) is 10.9 Å². The topological polar surface area (TPSA) is 114 Å². The van der Waals surface area contributed by atoms with Crippen LogP contribution in [0, 0.1) is 4.77 Å². The standard InChI is InChI=1S/C22H20N6O3S/c1-27-21(31)17-7-6-15(11-18(17)26-22(27)32)20(30)23-12-14-4-2-5-16(10-14)25-19(29)13-28-9-3-8-24-28/h2-11H,12-13H2,1H3,(H,23,30)(H,25,29)(H,26,32). The van der Waals surface area contributed by atoms with Crippen molar-refractivity contribution in [3.63, 3.8) is 0 Å². The van der Waals surface area contributed by atoms with E-state index in [4.69, 9.17) is 12.2 Å². The molecule has 0 saturated heterocycles. The molecule has 2 amide bonds. The van der Waals surface area contributed by atoms with E-state index in [-0.39, 0.29) is 35.2 Å². The molecule has 10 heteroatoms. The van der Waals surface area contributed by atoms with Crippen LogP contribution in [0.1, 0.15) is 15.9 Å². The Kier molecular flexibility index (Phi) is 5.95. The summed E-state index contributed by atoms with van der Waals surface area (Å²) in [5, 5.41) is 10.1. The molecule has 0 radical (unpaired) electrons. The van der Waals surface area contributed by atoms with Gasteiger partial charge in [0, 0.05) is 37.2 Å². The third kappa shape index (κ3) is 4.65. The molecule has 0 aliphatic rings. The molecule has 4 rings (SSSR count). The SMILES string of the molecule is Cn1c(=S)[nH]c2cc(C(=O)NCc3cccc(NC(=O)Cn4cccn4)c3)ccc2c1=O. The zero-order chi connectivity index (χ0) is 22.7. The molecule has 0 atom stereocenters. The molecule has 0 saturated carbocycles. The van der Waals surface area contributed by atoms with Crippen molar-refractivity contribution < 1.29 is 9.59 Å². The number of nitrogens with zero attached hydrogens (tertiary/aromatic N) is 3. The lowest BCUT2D eigenvalue weighted by atomic mass is 10.1. The summed E-state index contributed by atoms with van der Waals surface area (Å²) in [5.74, 6) is -0.491. The Labute approximate surface area is 187 Å². The van der Waals surface area contributed by atoms with E-state index in [9.17, 15) is 14.4 Å². The number of hydrogen-bond acceptors (Lipinski definition) is 5. The van der Waals surface area contributed by atoms with Gasteiger partial charge < -0.3 is 15.6 Å². The number of H-pyrrole nitrogens is 1. The number of aromatic nitrogens is 4. The van der Waals surface area contributed by atoms with Gasteiger partial charge in [-0.2, -0.15) is 5.10 Å². The number of fused-ring (bicyclic) bond motifs is 1. The average Bonchev–Trinajstić information content (AvgIpc) is 3.28. The highest BCUT2D eigenvalue weighted by Crippen LogP contribution is 2.13. The zero-order valence-electron chi connectivity index (χ0n) is 17.2. The molecule has 2 heterocycles. The lowest BCUT2D eigenvalue weighted by Crippen LogP contribution is -2.24. The number of aromatic amines is 1. The molecule has 3 N–H and O–H groups in total. The molecule has 4 aromatic rings. The summed E-state index contributed by atoms with van der Waals surface area (Å²) in [6.45, 7) is 0.383. The van der Waals surface area contributed by atoms with Crippen molar-refractivity contribution in [2.75, 3.05) is 5.32 Å². The van der Waals surface area contributed by atoms with Crippen LogP contribution in [0.3, 0.4) is 0 Å². The molecular weight excluding hydrogens is 428 g/mol. The van der Waals surface area contributed by atoms with Crippen molar-refractivity contribution in [3.05, 3.63) is 87.2 Å². The van der Waals surface area contributed by atoms with Gasteiger partial charge in [-0.05, 0) is 54.2 Å². The van der Waals surface area contributed by atoms with E-state index in [1.807, 2.05) is 6.07 Å². The van der Waals surface area contributed by atoms with E-state index in [2.05, 4.69) is 20.7 Å². The molecule has 0 fully saturated rings. The number of hydrogen-bond donors (Lipinski definition) is 3. The first-order valence-electron chi connectivity index (χ1n) is 9.78. The van der Waals surface area contributed by atoms with Crippen molar-refractivity contribution in [2.45, 2.75) is 13.1 Å². The van der Waals surface area contributed by atoms with Crippen molar-refractivity contribution >= 4 is 40.6 Å². The van der Waals surface area contributed by atoms with Gasteiger partial charge >= 0.3 is 0 Å². The fourth-order valence-corrected chi connectivity index (χ4v) is 3.43. The van der Waals surface area contributed by atoms with Gasteiger partial charge in [-0.3, -0.25) is 23.6 Å². The summed E-state index contributed by atoms with van der Waals surface area (Å²) in [5.41, 5.74) is 2.14. The molecule has 9 nitrogen and oxygen atoms in total. The van der Waals surface area contributed by atoms with Crippen LogP contribution < -0.4 is 16.2 Å². The van der Waals surface area contributed by atoms with Gasteiger partial charge in [-0.15, -0.1) is 0 Å². The largest absolute Gasteiger partial charge is 0.348 e. The first-order valence-corrected chi connectivity index (χ1v) is 10.2. The molecule has 0 bridgehead atoms.